The number of ether oxygens (including phenoxy) is 2. The molecule has 31 heavy (non-hydrogen) atoms. The van der Waals surface area contributed by atoms with Gasteiger partial charge in [0.05, 0.1) is 12.0 Å². The molecule has 1 saturated heterocycles. The van der Waals surface area contributed by atoms with Crippen LogP contribution < -0.4 is 9.16 Å². The van der Waals surface area contributed by atoms with Crippen molar-refractivity contribution in [3.63, 3.8) is 0 Å². The lowest BCUT2D eigenvalue weighted by Gasteiger charge is -2.44. The zero-order valence-electron chi connectivity index (χ0n) is 20.3. The van der Waals surface area contributed by atoms with Gasteiger partial charge in [0.15, 0.2) is 5.78 Å². The molecule has 3 rings (SSSR count). The van der Waals surface area contributed by atoms with Gasteiger partial charge in [-0.05, 0) is 57.1 Å². The third-order valence-corrected chi connectivity index (χ3v) is 10.9. The Kier molecular flexibility index (Phi) is 5.97. The lowest BCUT2D eigenvalue weighted by Crippen LogP contribution is -2.53. The minimum absolute atomic E-state index is 0.0765. The first-order valence-corrected chi connectivity index (χ1v) is 14.0. The number of carbonyl (C=O) groups is 2. The van der Waals surface area contributed by atoms with Crippen LogP contribution in [0.5, 0.6) is 11.5 Å². The molecule has 0 saturated carbocycles. The van der Waals surface area contributed by atoms with Crippen LogP contribution in [0, 0.1) is 0 Å². The molecule has 0 aromatic heterocycles. The molecule has 1 aromatic rings. The normalized spacial score (nSPS) is 19.0. The second-order valence-corrected chi connectivity index (χ2v) is 16.1. The van der Waals surface area contributed by atoms with Gasteiger partial charge in [-0.25, -0.2) is 4.79 Å². The molecule has 2 aliphatic rings. The van der Waals surface area contributed by atoms with Crippen LogP contribution >= 0.6 is 0 Å². The highest BCUT2D eigenvalue weighted by molar-refractivity contribution is 6.74. The predicted molar refractivity (Wildman–Crippen MR) is 124 cm³/mol. The highest BCUT2D eigenvalue weighted by atomic mass is 28.4. The van der Waals surface area contributed by atoms with Crippen molar-refractivity contribution in [3.05, 3.63) is 23.8 Å². The lowest BCUT2D eigenvalue weighted by molar-refractivity contribution is -0.0226. The second kappa shape index (κ2) is 7.83. The molecular formula is C24H37NO5Si. The van der Waals surface area contributed by atoms with Crippen LogP contribution in [0.2, 0.25) is 18.1 Å². The Morgan fingerprint density at radius 2 is 1.71 bits per heavy atom. The molecule has 7 heteroatoms. The van der Waals surface area contributed by atoms with Gasteiger partial charge in [0, 0.05) is 25.9 Å². The number of nitrogens with zero attached hydrogens (tertiary/aromatic N) is 1. The summed E-state index contributed by atoms with van der Waals surface area (Å²) in [4.78, 5) is 27.1. The van der Waals surface area contributed by atoms with E-state index in [9.17, 15) is 9.59 Å². The van der Waals surface area contributed by atoms with E-state index < -0.39 is 19.5 Å². The minimum Gasteiger partial charge on any atom is -0.543 e. The van der Waals surface area contributed by atoms with Crippen LogP contribution in [0.1, 0.15) is 71.2 Å². The summed E-state index contributed by atoms with van der Waals surface area (Å²) in [6.07, 6.45) is 1.24. The molecular weight excluding hydrogens is 410 g/mol. The number of amides is 1. The highest BCUT2D eigenvalue weighted by Gasteiger charge is 2.45. The molecule has 0 bridgehead atoms. The maximum Gasteiger partial charge on any atom is 0.410 e. The SMILES string of the molecule is CC(C)(C)OC(=O)N1CCC2(CC1)CC(=O)c1cc(O[Si](C)(C)C(C)(C)C)ccc1O2. The molecule has 2 heterocycles. The van der Waals surface area contributed by atoms with Crippen molar-refractivity contribution in [3.8, 4) is 11.5 Å². The summed E-state index contributed by atoms with van der Waals surface area (Å²) in [5, 5.41) is 0.0789. The number of benzene rings is 1. The van der Waals surface area contributed by atoms with Crippen molar-refractivity contribution in [2.75, 3.05) is 13.1 Å². The molecule has 0 atom stereocenters. The number of Topliss-reactive ketones (excluding diaryl/α,β-unsaturated/α-hetero) is 1. The Morgan fingerprint density at radius 3 is 2.26 bits per heavy atom. The number of rotatable bonds is 2. The fourth-order valence-electron chi connectivity index (χ4n) is 3.69. The van der Waals surface area contributed by atoms with Crippen LogP contribution in [0.25, 0.3) is 0 Å². The topological polar surface area (TPSA) is 65.1 Å². The average molecular weight is 448 g/mol. The van der Waals surface area contributed by atoms with Gasteiger partial charge in [0.1, 0.15) is 22.7 Å². The quantitative estimate of drug-likeness (QED) is 0.536. The number of hydrogen-bond acceptors (Lipinski definition) is 5. The number of piperidine rings is 1. The number of ketones is 1. The van der Waals surface area contributed by atoms with E-state index in [2.05, 4.69) is 33.9 Å². The molecule has 1 aromatic carbocycles. The first kappa shape index (κ1) is 23.6. The number of fused-ring (bicyclic) bond motifs is 1. The third-order valence-electron chi connectivity index (χ3n) is 6.57. The fraction of sp³-hybridized carbons (Fsp3) is 0.667. The van der Waals surface area contributed by atoms with Crippen molar-refractivity contribution in [1.82, 2.24) is 4.90 Å². The van der Waals surface area contributed by atoms with Gasteiger partial charge < -0.3 is 18.8 Å². The fourth-order valence-corrected chi connectivity index (χ4v) is 4.71. The molecule has 1 spiro atoms. The summed E-state index contributed by atoms with van der Waals surface area (Å²) in [6, 6.07) is 5.60. The van der Waals surface area contributed by atoms with Crippen molar-refractivity contribution in [2.24, 2.45) is 0 Å². The summed E-state index contributed by atoms with van der Waals surface area (Å²) in [6.45, 7) is 17.6. The third kappa shape index (κ3) is 5.25. The number of carbonyl (C=O) groups excluding carboxylic acids is 2. The molecule has 1 fully saturated rings. The number of hydrogen-bond donors (Lipinski definition) is 0. The van der Waals surface area contributed by atoms with Crippen LogP contribution in [0.4, 0.5) is 4.79 Å². The first-order valence-electron chi connectivity index (χ1n) is 11.1. The highest BCUT2D eigenvalue weighted by Crippen LogP contribution is 2.42. The Balaban J connectivity index is 1.71. The summed E-state index contributed by atoms with van der Waals surface area (Å²) >= 11 is 0. The standard InChI is InChI=1S/C24H37NO5Si/c1-22(2,3)29-21(27)25-13-11-24(12-14-25)16-19(26)18-15-17(9-10-20(18)28-24)30-31(7,8)23(4,5)6/h9-10,15H,11-14,16H2,1-8H3. The summed E-state index contributed by atoms with van der Waals surface area (Å²) in [7, 11) is -1.99. The molecule has 0 N–H and O–H groups in total. The van der Waals surface area contributed by atoms with Crippen LogP contribution in [0.15, 0.2) is 18.2 Å². The average Bonchev–Trinajstić information content (AvgIpc) is 2.60. The monoisotopic (exact) mass is 447 g/mol. The largest absolute Gasteiger partial charge is 0.543 e. The van der Waals surface area contributed by atoms with Gasteiger partial charge in [-0.2, -0.15) is 0 Å². The van der Waals surface area contributed by atoms with E-state index in [-0.39, 0.29) is 16.9 Å². The Bertz CT molecular complexity index is 858. The van der Waals surface area contributed by atoms with Crippen molar-refractivity contribution in [1.29, 1.82) is 0 Å². The molecule has 172 valence electrons. The van der Waals surface area contributed by atoms with Gasteiger partial charge in [-0.3, -0.25) is 4.79 Å². The summed E-state index contributed by atoms with van der Waals surface area (Å²) in [5.74, 6) is 1.43. The second-order valence-electron chi connectivity index (χ2n) is 11.4. The Hall–Kier alpha value is -2.02. The van der Waals surface area contributed by atoms with E-state index in [1.165, 1.54) is 0 Å². The van der Waals surface area contributed by atoms with Crippen molar-refractivity contribution >= 4 is 20.2 Å². The number of likely N-dealkylation sites (tertiary alicyclic amines) is 1. The summed E-state index contributed by atoms with van der Waals surface area (Å²) in [5.41, 5.74) is -0.478. The molecule has 2 aliphatic heterocycles. The van der Waals surface area contributed by atoms with Gasteiger partial charge in [-0.1, -0.05) is 20.8 Å². The predicted octanol–water partition coefficient (Wildman–Crippen LogP) is 5.81. The molecule has 0 radical (unpaired) electrons. The first-order chi connectivity index (χ1) is 14.1. The van der Waals surface area contributed by atoms with E-state index in [4.69, 9.17) is 13.9 Å². The van der Waals surface area contributed by atoms with Crippen LogP contribution in [-0.4, -0.2) is 49.4 Å². The lowest BCUT2D eigenvalue weighted by atomic mass is 9.82. The van der Waals surface area contributed by atoms with Crippen molar-refractivity contribution < 1.29 is 23.5 Å². The molecule has 0 aliphatic carbocycles. The van der Waals surface area contributed by atoms with Crippen LogP contribution in [-0.2, 0) is 4.74 Å². The van der Waals surface area contributed by atoms with E-state index in [0.717, 1.165) is 5.75 Å². The van der Waals surface area contributed by atoms with E-state index >= 15 is 0 Å². The Morgan fingerprint density at radius 1 is 1.10 bits per heavy atom. The molecule has 0 unspecified atom stereocenters. The van der Waals surface area contributed by atoms with Gasteiger partial charge >= 0.3 is 6.09 Å². The molecule has 1 amide bonds. The van der Waals surface area contributed by atoms with Gasteiger partial charge in [0.25, 0.3) is 0 Å². The van der Waals surface area contributed by atoms with E-state index in [1.54, 1.807) is 4.90 Å². The summed E-state index contributed by atoms with van der Waals surface area (Å²) < 4.78 is 18.2. The van der Waals surface area contributed by atoms with Crippen molar-refractivity contribution in [2.45, 2.75) is 90.1 Å². The zero-order valence-corrected chi connectivity index (χ0v) is 21.3. The maximum absolute atomic E-state index is 13.0. The van der Waals surface area contributed by atoms with E-state index in [0.29, 0.717) is 43.7 Å². The Labute approximate surface area is 187 Å². The van der Waals surface area contributed by atoms with Crippen LogP contribution in [0.3, 0.4) is 0 Å². The molecule has 6 nitrogen and oxygen atoms in total. The van der Waals surface area contributed by atoms with Gasteiger partial charge in [-0.15, -0.1) is 0 Å². The smallest absolute Gasteiger partial charge is 0.410 e. The zero-order chi connectivity index (χ0) is 23.2. The maximum atomic E-state index is 13.0. The van der Waals surface area contributed by atoms with E-state index in [1.807, 2.05) is 39.0 Å². The van der Waals surface area contributed by atoms with Gasteiger partial charge in [0.2, 0.25) is 8.32 Å². The minimum atomic E-state index is -1.99.